The molecular formula is C18H25N3. The number of hydrogen-bond acceptors (Lipinski definition) is 2. The van der Waals surface area contributed by atoms with Crippen molar-refractivity contribution in [2.24, 2.45) is 0 Å². The number of aromatic nitrogens is 1. The molecule has 1 N–H and O–H groups in total. The number of nitrogens with zero attached hydrogens (tertiary/aromatic N) is 2. The van der Waals surface area contributed by atoms with E-state index in [2.05, 4.69) is 51.3 Å². The van der Waals surface area contributed by atoms with Crippen LogP contribution in [0.2, 0.25) is 0 Å². The van der Waals surface area contributed by atoms with Crippen LogP contribution in [0.5, 0.6) is 0 Å². The minimum Gasteiger partial charge on any atom is -0.347 e. The molecule has 2 heterocycles. The molecule has 0 radical (unpaired) electrons. The van der Waals surface area contributed by atoms with Gasteiger partial charge in [-0.15, -0.1) is 0 Å². The first-order valence-electron chi connectivity index (χ1n) is 8.41. The first kappa shape index (κ1) is 13.4. The van der Waals surface area contributed by atoms with Gasteiger partial charge in [0.1, 0.15) is 0 Å². The van der Waals surface area contributed by atoms with Gasteiger partial charge in [-0.05, 0) is 49.7 Å². The van der Waals surface area contributed by atoms with Crippen LogP contribution in [-0.4, -0.2) is 41.2 Å². The van der Waals surface area contributed by atoms with Gasteiger partial charge in [0.05, 0.1) is 0 Å². The van der Waals surface area contributed by atoms with Crippen LogP contribution in [0.15, 0.2) is 36.5 Å². The number of aryl methyl sites for hydroxylation is 1. The van der Waals surface area contributed by atoms with Crippen molar-refractivity contribution >= 4 is 10.9 Å². The van der Waals surface area contributed by atoms with Crippen molar-refractivity contribution in [2.45, 2.75) is 44.3 Å². The first-order chi connectivity index (χ1) is 10.4. The Balaban J connectivity index is 1.23. The highest BCUT2D eigenvalue weighted by Gasteiger charge is 2.33. The van der Waals surface area contributed by atoms with Crippen LogP contribution in [0, 0.1) is 0 Å². The van der Waals surface area contributed by atoms with Crippen LogP contribution in [-0.2, 0) is 6.54 Å². The summed E-state index contributed by atoms with van der Waals surface area (Å²) in [6.45, 7) is 4.83. The third-order valence-corrected chi connectivity index (χ3v) is 4.97. The van der Waals surface area contributed by atoms with Crippen molar-refractivity contribution < 1.29 is 0 Å². The average Bonchev–Trinajstić information content (AvgIpc) is 3.12. The maximum absolute atomic E-state index is 3.75. The summed E-state index contributed by atoms with van der Waals surface area (Å²) in [6.07, 6.45) is 7.64. The zero-order valence-corrected chi connectivity index (χ0v) is 12.7. The molecule has 3 heteroatoms. The fourth-order valence-electron chi connectivity index (χ4n) is 3.62. The van der Waals surface area contributed by atoms with Crippen molar-refractivity contribution in [1.29, 1.82) is 0 Å². The average molecular weight is 283 g/mol. The summed E-state index contributed by atoms with van der Waals surface area (Å²) in [5, 5.41) is 5.10. The predicted octanol–water partition coefficient (Wildman–Crippen LogP) is 2.86. The lowest BCUT2D eigenvalue weighted by Gasteiger charge is -2.16. The molecule has 112 valence electrons. The van der Waals surface area contributed by atoms with Crippen molar-refractivity contribution in [2.75, 3.05) is 19.6 Å². The summed E-state index contributed by atoms with van der Waals surface area (Å²) in [5.74, 6) is 0. The number of benzene rings is 1. The molecule has 1 atom stereocenters. The van der Waals surface area contributed by atoms with E-state index in [-0.39, 0.29) is 0 Å². The number of fused-ring (bicyclic) bond motifs is 1. The van der Waals surface area contributed by atoms with Crippen LogP contribution in [0.1, 0.15) is 25.7 Å². The Morgan fingerprint density at radius 3 is 2.90 bits per heavy atom. The Kier molecular flexibility index (Phi) is 3.70. The van der Waals surface area contributed by atoms with E-state index in [0.29, 0.717) is 0 Å². The molecule has 21 heavy (non-hydrogen) atoms. The van der Waals surface area contributed by atoms with Gasteiger partial charge in [0, 0.05) is 43.4 Å². The smallest absolute Gasteiger partial charge is 0.0480 e. The molecular weight excluding hydrogens is 258 g/mol. The quantitative estimate of drug-likeness (QED) is 0.823. The van der Waals surface area contributed by atoms with E-state index in [1.807, 2.05) is 0 Å². The first-order valence-corrected chi connectivity index (χ1v) is 8.41. The Hall–Kier alpha value is -1.32. The van der Waals surface area contributed by atoms with Crippen LogP contribution in [0.3, 0.4) is 0 Å². The third-order valence-electron chi connectivity index (χ3n) is 4.97. The molecule has 2 aliphatic rings. The molecule has 4 rings (SSSR count). The summed E-state index contributed by atoms with van der Waals surface area (Å²) in [6, 6.07) is 12.5. The predicted molar refractivity (Wildman–Crippen MR) is 87.6 cm³/mol. The molecule has 0 amide bonds. The van der Waals surface area contributed by atoms with E-state index < -0.39 is 0 Å². The standard InChI is InChI=1S/C18H25N3/c1-2-5-18-15(4-1)8-12-20(18)11-3-10-19-16-9-13-21(14-16)17-6-7-17/h1-2,4-5,8,12,16-17,19H,3,6-7,9-11,13-14H2. The number of nitrogens with one attached hydrogen (secondary N) is 1. The SMILES string of the molecule is c1ccc2c(c1)ccn2CCCNC1CCN(C2CC2)C1. The number of para-hydroxylation sites is 1. The second kappa shape index (κ2) is 5.82. The molecule has 1 aromatic carbocycles. The van der Waals surface area contributed by atoms with Gasteiger partial charge < -0.3 is 9.88 Å². The zero-order valence-electron chi connectivity index (χ0n) is 12.7. The van der Waals surface area contributed by atoms with Crippen molar-refractivity contribution in [3.05, 3.63) is 36.5 Å². The Morgan fingerprint density at radius 2 is 2.00 bits per heavy atom. The second-order valence-corrected chi connectivity index (χ2v) is 6.59. The maximum atomic E-state index is 3.75. The van der Waals surface area contributed by atoms with Gasteiger partial charge in [0.2, 0.25) is 0 Å². The monoisotopic (exact) mass is 283 g/mol. The van der Waals surface area contributed by atoms with Gasteiger partial charge in [0.25, 0.3) is 0 Å². The maximum Gasteiger partial charge on any atom is 0.0480 e. The fraction of sp³-hybridized carbons (Fsp3) is 0.556. The summed E-state index contributed by atoms with van der Waals surface area (Å²) in [7, 11) is 0. The second-order valence-electron chi connectivity index (χ2n) is 6.59. The highest BCUT2D eigenvalue weighted by molar-refractivity contribution is 5.79. The summed E-state index contributed by atoms with van der Waals surface area (Å²) < 4.78 is 2.38. The summed E-state index contributed by atoms with van der Waals surface area (Å²) in [4.78, 5) is 2.68. The number of rotatable bonds is 6. The number of likely N-dealkylation sites (tertiary alicyclic amines) is 1. The lowest BCUT2D eigenvalue weighted by atomic mass is 10.2. The Morgan fingerprint density at radius 1 is 1.10 bits per heavy atom. The normalized spacial score (nSPS) is 23.1. The van der Waals surface area contributed by atoms with E-state index in [0.717, 1.165) is 25.2 Å². The molecule has 1 aliphatic carbocycles. The molecule has 1 aliphatic heterocycles. The van der Waals surface area contributed by atoms with E-state index in [9.17, 15) is 0 Å². The topological polar surface area (TPSA) is 20.2 Å². The molecule has 0 spiro atoms. The molecule has 3 nitrogen and oxygen atoms in total. The van der Waals surface area contributed by atoms with Crippen molar-refractivity contribution in [3.63, 3.8) is 0 Å². The number of hydrogen-bond donors (Lipinski definition) is 1. The van der Waals surface area contributed by atoms with Crippen molar-refractivity contribution in [3.8, 4) is 0 Å². The highest BCUT2D eigenvalue weighted by atomic mass is 15.2. The van der Waals surface area contributed by atoms with Crippen molar-refractivity contribution in [1.82, 2.24) is 14.8 Å². The molecule has 1 saturated heterocycles. The van der Waals surface area contributed by atoms with Gasteiger partial charge >= 0.3 is 0 Å². The van der Waals surface area contributed by atoms with E-state index in [4.69, 9.17) is 0 Å². The summed E-state index contributed by atoms with van der Waals surface area (Å²) in [5.41, 5.74) is 1.36. The molecule has 0 bridgehead atoms. The molecule has 1 aromatic heterocycles. The lowest BCUT2D eigenvalue weighted by Crippen LogP contribution is -2.34. The van der Waals surface area contributed by atoms with Gasteiger partial charge in [-0.25, -0.2) is 0 Å². The Bertz CT molecular complexity index is 599. The fourth-order valence-corrected chi connectivity index (χ4v) is 3.62. The van der Waals surface area contributed by atoms with Gasteiger partial charge in [0.15, 0.2) is 0 Å². The van der Waals surface area contributed by atoms with Gasteiger partial charge in [-0.1, -0.05) is 18.2 Å². The van der Waals surface area contributed by atoms with Gasteiger partial charge in [-0.2, -0.15) is 0 Å². The molecule has 1 unspecified atom stereocenters. The van der Waals surface area contributed by atoms with E-state index in [1.165, 1.54) is 49.7 Å². The summed E-state index contributed by atoms with van der Waals surface area (Å²) >= 11 is 0. The zero-order chi connectivity index (χ0) is 14.1. The minimum atomic E-state index is 0.729. The van der Waals surface area contributed by atoms with Gasteiger partial charge in [-0.3, -0.25) is 4.90 Å². The largest absolute Gasteiger partial charge is 0.347 e. The minimum absolute atomic E-state index is 0.729. The molecule has 2 fully saturated rings. The van der Waals surface area contributed by atoms with Crippen LogP contribution >= 0.6 is 0 Å². The Labute approximate surface area is 126 Å². The molecule has 2 aromatic rings. The third kappa shape index (κ3) is 2.99. The molecule has 1 saturated carbocycles. The van der Waals surface area contributed by atoms with Crippen LogP contribution in [0.25, 0.3) is 10.9 Å². The van der Waals surface area contributed by atoms with Crippen LogP contribution in [0.4, 0.5) is 0 Å². The lowest BCUT2D eigenvalue weighted by molar-refractivity contribution is 0.317. The van der Waals surface area contributed by atoms with E-state index in [1.54, 1.807) is 0 Å². The highest BCUT2D eigenvalue weighted by Crippen LogP contribution is 2.29. The van der Waals surface area contributed by atoms with Crippen LogP contribution < -0.4 is 5.32 Å². The van der Waals surface area contributed by atoms with E-state index >= 15 is 0 Å².